The minimum absolute atomic E-state index is 0.287. The van der Waals surface area contributed by atoms with Crippen molar-refractivity contribution in [3.8, 4) is 0 Å². The van der Waals surface area contributed by atoms with E-state index in [-0.39, 0.29) is 5.56 Å². The summed E-state index contributed by atoms with van der Waals surface area (Å²) < 4.78 is 0. The Hall–Kier alpha value is -2.68. The topological polar surface area (TPSA) is 49.7 Å². The maximum absolute atomic E-state index is 10.7. The van der Waals surface area contributed by atoms with Gasteiger partial charge in [-0.05, 0) is 35.9 Å². The van der Waals surface area contributed by atoms with E-state index in [1.54, 1.807) is 30.5 Å². The van der Waals surface area contributed by atoms with Gasteiger partial charge in [-0.25, -0.2) is 4.79 Å². The van der Waals surface area contributed by atoms with Crippen molar-refractivity contribution in [2.24, 2.45) is 4.99 Å². The zero-order chi connectivity index (χ0) is 13.5. The zero-order valence-corrected chi connectivity index (χ0v) is 10.2. The minimum Gasteiger partial charge on any atom is -0.478 e. The maximum atomic E-state index is 10.7. The van der Waals surface area contributed by atoms with Crippen LogP contribution in [0, 0.1) is 0 Å². The molecule has 0 atom stereocenters. The first-order chi connectivity index (χ1) is 9.25. The van der Waals surface area contributed by atoms with Gasteiger partial charge in [0, 0.05) is 6.21 Å². The van der Waals surface area contributed by atoms with Crippen LogP contribution in [0.3, 0.4) is 0 Å². The summed E-state index contributed by atoms with van der Waals surface area (Å²) in [5.74, 6) is -0.916. The lowest BCUT2D eigenvalue weighted by Crippen LogP contribution is -1.94. The summed E-state index contributed by atoms with van der Waals surface area (Å²) in [6.45, 7) is 0. The SMILES string of the molecule is O=C(O)c1ccc(C=CC=Nc2ccccc2)cc1. The number of nitrogens with zero attached hydrogens (tertiary/aromatic N) is 1. The highest BCUT2D eigenvalue weighted by Crippen LogP contribution is 2.09. The first kappa shape index (κ1) is 12.8. The fourth-order valence-corrected chi connectivity index (χ4v) is 1.53. The standard InChI is InChI=1S/C16H13NO2/c18-16(19)14-10-8-13(9-11-14)5-4-12-17-15-6-2-1-3-7-15/h1-12H,(H,18,19). The van der Waals surface area contributed by atoms with Gasteiger partial charge in [0.2, 0.25) is 0 Å². The number of allylic oxidation sites excluding steroid dienone is 1. The third kappa shape index (κ3) is 3.92. The number of carboxylic acids is 1. The second-order valence-corrected chi connectivity index (χ2v) is 3.90. The summed E-state index contributed by atoms with van der Waals surface area (Å²) in [5, 5.41) is 8.78. The van der Waals surface area contributed by atoms with E-state index in [0.717, 1.165) is 11.3 Å². The molecule has 19 heavy (non-hydrogen) atoms. The van der Waals surface area contributed by atoms with Gasteiger partial charge in [0.15, 0.2) is 0 Å². The van der Waals surface area contributed by atoms with Crippen molar-refractivity contribution in [1.82, 2.24) is 0 Å². The van der Waals surface area contributed by atoms with Crippen LogP contribution in [0.4, 0.5) is 5.69 Å². The molecule has 2 aromatic rings. The molecule has 0 radical (unpaired) electrons. The lowest BCUT2D eigenvalue weighted by Gasteiger charge is -1.95. The van der Waals surface area contributed by atoms with Crippen LogP contribution < -0.4 is 0 Å². The summed E-state index contributed by atoms with van der Waals surface area (Å²) in [7, 11) is 0. The number of hydrogen-bond donors (Lipinski definition) is 1. The molecule has 0 heterocycles. The Kier molecular flexibility index (Phi) is 4.24. The molecular formula is C16H13NO2. The maximum Gasteiger partial charge on any atom is 0.335 e. The van der Waals surface area contributed by atoms with E-state index >= 15 is 0 Å². The second kappa shape index (κ2) is 6.31. The van der Waals surface area contributed by atoms with Crippen LogP contribution in [0.2, 0.25) is 0 Å². The van der Waals surface area contributed by atoms with E-state index in [1.807, 2.05) is 42.5 Å². The average Bonchev–Trinajstić information content (AvgIpc) is 2.45. The van der Waals surface area contributed by atoms with Crippen molar-refractivity contribution >= 4 is 23.9 Å². The second-order valence-electron chi connectivity index (χ2n) is 3.90. The van der Waals surface area contributed by atoms with E-state index in [4.69, 9.17) is 5.11 Å². The lowest BCUT2D eigenvalue weighted by atomic mass is 10.1. The van der Waals surface area contributed by atoms with Crippen LogP contribution in [-0.2, 0) is 0 Å². The highest BCUT2D eigenvalue weighted by Gasteiger charge is 1.99. The van der Waals surface area contributed by atoms with Crippen LogP contribution in [-0.4, -0.2) is 17.3 Å². The van der Waals surface area contributed by atoms with Crippen molar-refractivity contribution < 1.29 is 9.90 Å². The number of carbonyl (C=O) groups is 1. The van der Waals surface area contributed by atoms with Crippen LogP contribution in [0.5, 0.6) is 0 Å². The Morgan fingerprint density at radius 2 is 1.68 bits per heavy atom. The number of rotatable bonds is 4. The molecule has 0 spiro atoms. The number of para-hydroxylation sites is 1. The van der Waals surface area contributed by atoms with Gasteiger partial charge in [0.05, 0.1) is 11.3 Å². The lowest BCUT2D eigenvalue weighted by molar-refractivity contribution is 0.0697. The molecule has 3 heteroatoms. The quantitative estimate of drug-likeness (QED) is 0.840. The Bertz CT molecular complexity index is 598. The molecule has 0 amide bonds. The molecule has 0 aromatic heterocycles. The molecular weight excluding hydrogens is 238 g/mol. The molecule has 0 unspecified atom stereocenters. The highest BCUT2D eigenvalue weighted by molar-refractivity contribution is 5.88. The molecule has 0 bridgehead atoms. The molecule has 2 aromatic carbocycles. The fraction of sp³-hybridized carbons (Fsp3) is 0. The number of hydrogen-bond acceptors (Lipinski definition) is 2. The summed E-state index contributed by atoms with van der Waals surface area (Å²) in [6.07, 6.45) is 5.40. The Labute approximate surface area is 111 Å². The smallest absolute Gasteiger partial charge is 0.335 e. The van der Waals surface area contributed by atoms with E-state index in [9.17, 15) is 4.79 Å². The zero-order valence-electron chi connectivity index (χ0n) is 10.2. The normalized spacial score (nSPS) is 11.2. The van der Waals surface area contributed by atoms with Crippen LogP contribution in [0.25, 0.3) is 6.08 Å². The van der Waals surface area contributed by atoms with Crippen molar-refractivity contribution in [3.63, 3.8) is 0 Å². The Morgan fingerprint density at radius 1 is 1.00 bits per heavy atom. The van der Waals surface area contributed by atoms with E-state index in [1.165, 1.54) is 0 Å². The molecule has 0 fully saturated rings. The van der Waals surface area contributed by atoms with Gasteiger partial charge < -0.3 is 5.11 Å². The molecule has 94 valence electrons. The van der Waals surface area contributed by atoms with E-state index in [0.29, 0.717) is 0 Å². The largest absolute Gasteiger partial charge is 0.478 e. The summed E-state index contributed by atoms with van der Waals surface area (Å²) in [6, 6.07) is 16.3. The molecule has 1 N–H and O–H groups in total. The summed E-state index contributed by atoms with van der Waals surface area (Å²) in [4.78, 5) is 15.0. The molecule has 0 saturated heterocycles. The fourth-order valence-electron chi connectivity index (χ4n) is 1.53. The predicted octanol–water partition coefficient (Wildman–Crippen LogP) is 3.80. The number of carboxylic acid groups (broad SMARTS) is 1. The molecule has 2 rings (SSSR count). The summed E-state index contributed by atoms with van der Waals surface area (Å²) in [5.41, 5.74) is 2.12. The highest BCUT2D eigenvalue weighted by atomic mass is 16.4. The Morgan fingerprint density at radius 3 is 2.32 bits per heavy atom. The number of benzene rings is 2. The number of aliphatic imine (C=N–C) groups is 1. The van der Waals surface area contributed by atoms with Gasteiger partial charge in [0.25, 0.3) is 0 Å². The van der Waals surface area contributed by atoms with Crippen molar-refractivity contribution in [2.75, 3.05) is 0 Å². The third-order valence-corrected chi connectivity index (χ3v) is 2.51. The van der Waals surface area contributed by atoms with Crippen LogP contribution >= 0.6 is 0 Å². The predicted molar refractivity (Wildman–Crippen MR) is 77.0 cm³/mol. The first-order valence-corrected chi connectivity index (χ1v) is 5.85. The van der Waals surface area contributed by atoms with E-state index < -0.39 is 5.97 Å². The third-order valence-electron chi connectivity index (χ3n) is 2.51. The van der Waals surface area contributed by atoms with Gasteiger partial charge in [-0.3, -0.25) is 4.99 Å². The monoisotopic (exact) mass is 251 g/mol. The average molecular weight is 251 g/mol. The van der Waals surface area contributed by atoms with Gasteiger partial charge in [0.1, 0.15) is 0 Å². The summed E-state index contributed by atoms with van der Waals surface area (Å²) >= 11 is 0. The Balaban J connectivity index is 1.99. The van der Waals surface area contributed by atoms with Gasteiger partial charge >= 0.3 is 5.97 Å². The molecule has 3 nitrogen and oxygen atoms in total. The van der Waals surface area contributed by atoms with E-state index in [2.05, 4.69) is 4.99 Å². The molecule has 0 aliphatic carbocycles. The van der Waals surface area contributed by atoms with Crippen LogP contribution in [0.15, 0.2) is 65.7 Å². The van der Waals surface area contributed by atoms with Gasteiger partial charge in [-0.2, -0.15) is 0 Å². The first-order valence-electron chi connectivity index (χ1n) is 5.85. The van der Waals surface area contributed by atoms with Gasteiger partial charge in [-0.1, -0.05) is 36.4 Å². The van der Waals surface area contributed by atoms with Crippen molar-refractivity contribution in [3.05, 3.63) is 71.8 Å². The minimum atomic E-state index is -0.916. The van der Waals surface area contributed by atoms with Gasteiger partial charge in [-0.15, -0.1) is 0 Å². The molecule has 0 aliphatic heterocycles. The number of aromatic carboxylic acids is 1. The van der Waals surface area contributed by atoms with Crippen molar-refractivity contribution in [2.45, 2.75) is 0 Å². The van der Waals surface area contributed by atoms with Crippen LogP contribution in [0.1, 0.15) is 15.9 Å². The molecule has 0 aliphatic rings. The van der Waals surface area contributed by atoms with Crippen molar-refractivity contribution in [1.29, 1.82) is 0 Å². The molecule has 0 saturated carbocycles.